The Balaban J connectivity index is 2.38. The molecule has 1 fully saturated rings. The minimum atomic E-state index is -1.01. The number of aryl methyl sites for hydroxylation is 1. The number of primary amides is 1. The largest absolute Gasteiger partial charge is 0.481 e. The summed E-state index contributed by atoms with van der Waals surface area (Å²) in [6.07, 6.45) is 3.86. The van der Waals surface area contributed by atoms with Gasteiger partial charge in [0.05, 0.1) is 5.92 Å². The molecule has 1 aromatic carbocycles. The molecule has 7 heteroatoms. The molecule has 1 aromatic rings. The highest BCUT2D eigenvalue weighted by molar-refractivity contribution is 6.05. The standard InChI is InChI=1S/C19H27N3O4/c1-11-3-5-15(17(23)22-19(20)26)16(12(2)18(24)25)14(11)6-4-13-7-9-21-10-8-13/h3,5,12-13,21H,4,6-10H2,1-2H3,(H,24,25)(H3,20,22,23,26). The Labute approximate surface area is 153 Å². The lowest BCUT2D eigenvalue weighted by Crippen LogP contribution is -2.36. The fourth-order valence-electron chi connectivity index (χ4n) is 3.62. The maximum atomic E-state index is 12.4. The first-order valence-electron chi connectivity index (χ1n) is 8.98. The van der Waals surface area contributed by atoms with Crippen molar-refractivity contribution in [2.45, 2.75) is 45.4 Å². The van der Waals surface area contributed by atoms with Gasteiger partial charge in [0.2, 0.25) is 0 Å². The summed E-state index contributed by atoms with van der Waals surface area (Å²) in [6.45, 7) is 5.49. The molecule has 1 aliphatic rings. The molecule has 7 nitrogen and oxygen atoms in total. The molecule has 26 heavy (non-hydrogen) atoms. The van der Waals surface area contributed by atoms with Gasteiger partial charge in [-0.25, -0.2) is 4.79 Å². The highest BCUT2D eigenvalue weighted by atomic mass is 16.4. The van der Waals surface area contributed by atoms with Crippen molar-refractivity contribution in [3.8, 4) is 0 Å². The number of urea groups is 1. The van der Waals surface area contributed by atoms with Crippen LogP contribution in [0.15, 0.2) is 12.1 Å². The fourth-order valence-corrected chi connectivity index (χ4v) is 3.62. The molecule has 5 N–H and O–H groups in total. The van der Waals surface area contributed by atoms with Gasteiger partial charge in [-0.15, -0.1) is 0 Å². The molecule has 1 unspecified atom stereocenters. The Bertz CT molecular complexity index is 696. The monoisotopic (exact) mass is 361 g/mol. The third-order valence-corrected chi connectivity index (χ3v) is 5.14. The normalized spacial score (nSPS) is 16.1. The van der Waals surface area contributed by atoms with Crippen LogP contribution in [0.1, 0.15) is 59.2 Å². The summed E-state index contributed by atoms with van der Waals surface area (Å²) < 4.78 is 0. The van der Waals surface area contributed by atoms with Crippen molar-refractivity contribution >= 4 is 17.9 Å². The van der Waals surface area contributed by atoms with E-state index < -0.39 is 23.8 Å². The number of carbonyl (C=O) groups excluding carboxylic acids is 2. The van der Waals surface area contributed by atoms with E-state index in [2.05, 4.69) is 5.32 Å². The minimum absolute atomic E-state index is 0.199. The summed E-state index contributed by atoms with van der Waals surface area (Å²) in [7, 11) is 0. The van der Waals surface area contributed by atoms with E-state index in [9.17, 15) is 19.5 Å². The minimum Gasteiger partial charge on any atom is -0.481 e. The quantitative estimate of drug-likeness (QED) is 0.617. The number of nitrogens with two attached hydrogens (primary N) is 1. The SMILES string of the molecule is Cc1ccc(C(=O)NC(N)=O)c(C(C)C(=O)O)c1CCC1CCNCC1. The lowest BCUT2D eigenvalue weighted by molar-refractivity contribution is -0.138. The van der Waals surface area contributed by atoms with Gasteiger partial charge in [0, 0.05) is 5.56 Å². The van der Waals surface area contributed by atoms with Crippen molar-refractivity contribution in [1.29, 1.82) is 0 Å². The number of amides is 3. The number of benzene rings is 1. The lowest BCUT2D eigenvalue weighted by atomic mass is 9.83. The third-order valence-electron chi connectivity index (χ3n) is 5.14. The zero-order valence-corrected chi connectivity index (χ0v) is 15.3. The maximum absolute atomic E-state index is 12.4. The van der Waals surface area contributed by atoms with Crippen LogP contribution in [0, 0.1) is 12.8 Å². The molecule has 0 bridgehead atoms. The molecule has 2 rings (SSSR count). The van der Waals surface area contributed by atoms with Gasteiger partial charge in [0.15, 0.2) is 0 Å². The first-order valence-corrected chi connectivity index (χ1v) is 8.98. The van der Waals surface area contributed by atoms with Gasteiger partial charge < -0.3 is 16.2 Å². The summed E-state index contributed by atoms with van der Waals surface area (Å²) in [6, 6.07) is 2.41. The number of piperidine rings is 1. The molecule has 0 spiro atoms. The van der Waals surface area contributed by atoms with Gasteiger partial charge in [-0.05, 0) is 81.3 Å². The highest BCUT2D eigenvalue weighted by Crippen LogP contribution is 2.30. The van der Waals surface area contributed by atoms with E-state index in [1.165, 1.54) is 0 Å². The third kappa shape index (κ3) is 4.82. The maximum Gasteiger partial charge on any atom is 0.319 e. The van der Waals surface area contributed by atoms with Crippen LogP contribution >= 0.6 is 0 Å². The van der Waals surface area contributed by atoms with Gasteiger partial charge in [0.25, 0.3) is 5.91 Å². The fraction of sp³-hybridized carbons (Fsp3) is 0.526. The molecule has 0 saturated carbocycles. The van der Waals surface area contributed by atoms with Crippen LogP contribution in [0.4, 0.5) is 4.79 Å². The summed E-state index contributed by atoms with van der Waals surface area (Å²) in [5, 5.41) is 14.9. The number of imide groups is 1. The summed E-state index contributed by atoms with van der Waals surface area (Å²) >= 11 is 0. The van der Waals surface area contributed by atoms with Gasteiger partial charge >= 0.3 is 12.0 Å². The number of carboxylic acids is 1. The predicted octanol–water partition coefficient (Wildman–Crippen LogP) is 1.92. The van der Waals surface area contributed by atoms with E-state index in [4.69, 9.17) is 5.73 Å². The van der Waals surface area contributed by atoms with Crippen molar-refractivity contribution < 1.29 is 19.5 Å². The molecule has 0 aliphatic carbocycles. The number of carboxylic acid groups (broad SMARTS) is 1. The highest BCUT2D eigenvalue weighted by Gasteiger charge is 2.26. The first-order chi connectivity index (χ1) is 12.3. The number of hydrogen-bond acceptors (Lipinski definition) is 4. The van der Waals surface area contributed by atoms with Gasteiger partial charge in [0.1, 0.15) is 0 Å². The topological polar surface area (TPSA) is 122 Å². The van der Waals surface area contributed by atoms with Crippen molar-refractivity contribution in [3.63, 3.8) is 0 Å². The molecular weight excluding hydrogens is 334 g/mol. The Kier molecular flexibility index (Phi) is 6.74. The molecule has 1 atom stereocenters. The molecule has 1 saturated heterocycles. The van der Waals surface area contributed by atoms with Crippen LogP contribution in [-0.4, -0.2) is 36.1 Å². The smallest absolute Gasteiger partial charge is 0.319 e. The van der Waals surface area contributed by atoms with Crippen LogP contribution in [-0.2, 0) is 11.2 Å². The predicted molar refractivity (Wildman–Crippen MR) is 98.2 cm³/mol. The molecular formula is C19H27N3O4. The van der Waals surface area contributed by atoms with Crippen LogP contribution in [0.3, 0.4) is 0 Å². The van der Waals surface area contributed by atoms with Crippen LogP contribution < -0.4 is 16.4 Å². The van der Waals surface area contributed by atoms with Crippen molar-refractivity contribution in [2.24, 2.45) is 11.7 Å². The molecule has 142 valence electrons. The van der Waals surface area contributed by atoms with Crippen molar-refractivity contribution in [2.75, 3.05) is 13.1 Å². The van der Waals surface area contributed by atoms with Crippen LogP contribution in [0.5, 0.6) is 0 Å². The second-order valence-corrected chi connectivity index (χ2v) is 6.93. The molecule has 1 heterocycles. The Hall–Kier alpha value is -2.41. The van der Waals surface area contributed by atoms with E-state index in [1.54, 1.807) is 19.1 Å². The zero-order chi connectivity index (χ0) is 19.3. The number of aliphatic carboxylic acids is 1. The Morgan fingerprint density at radius 3 is 2.54 bits per heavy atom. The van der Waals surface area contributed by atoms with Crippen molar-refractivity contribution in [3.05, 3.63) is 34.4 Å². The number of rotatable bonds is 6. The number of nitrogens with one attached hydrogen (secondary N) is 2. The zero-order valence-electron chi connectivity index (χ0n) is 15.3. The van der Waals surface area contributed by atoms with Crippen LogP contribution in [0.2, 0.25) is 0 Å². The first kappa shape index (κ1) is 19.9. The molecule has 0 radical (unpaired) electrons. The van der Waals surface area contributed by atoms with E-state index in [1.807, 2.05) is 12.2 Å². The van der Waals surface area contributed by atoms with Gasteiger partial charge in [-0.3, -0.25) is 14.9 Å². The Morgan fingerprint density at radius 1 is 1.31 bits per heavy atom. The average Bonchev–Trinajstić information content (AvgIpc) is 2.59. The van der Waals surface area contributed by atoms with Crippen LogP contribution in [0.25, 0.3) is 0 Å². The molecule has 3 amide bonds. The second kappa shape index (κ2) is 8.80. The van der Waals surface area contributed by atoms with E-state index in [0.717, 1.165) is 43.5 Å². The van der Waals surface area contributed by atoms with E-state index in [-0.39, 0.29) is 5.56 Å². The average molecular weight is 361 g/mol. The van der Waals surface area contributed by atoms with Gasteiger partial charge in [-0.1, -0.05) is 6.07 Å². The summed E-state index contributed by atoms with van der Waals surface area (Å²) in [5.41, 5.74) is 7.56. The second-order valence-electron chi connectivity index (χ2n) is 6.93. The number of hydrogen-bond donors (Lipinski definition) is 4. The Morgan fingerprint density at radius 2 is 1.96 bits per heavy atom. The van der Waals surface area contributed by atoms with E-state index in [0.29, 0.717) is 17.9 Å². The summed E-state index contributed by atoms with van der Waals surface area (Å²) in [5.74, 6) is -1.94. The van der Waals surface area contributed by atoms with Crippen molar-refractivity contribution in [1.82, 2.24) is 10.6 Å². The number of carbonyl (C=O) groups is 3. The van der Waals surface area contributed by atoms with E-state index >= 15 is 0 Å². The summed E-state index contributed by atoms with van der Waals surface area (Å²) in [4.78, 5) is 35.0. The molecule has 1 aliphatic heterocycles. The molecule has 0 aromatic heterocycles. The lowest BCUT2D eigenvalue weighted by Gasteiger charge is -2.25. The van der Waals surface area contributed by atoms with Gasteiger partial charge in [-0.2, -0.15) is 0 Å².